The van der Waals surface area contributed by atoms with E-state index in [2.05, 4.69) is 44.4 Å². The predicted octanol–water partition coefficient (Wildman–Crippen LogP) is 4.45. The van der Waals surface area contributed by atoms with E-state index in [-0.39, 0.29) is 24.4 Å². The first kappa shape index (κ1) is 22.6. The number of hydrogen-bond acceptors (Lipinski definition) is 8. The molecule has 9 heteroatoms. The number of nitrogens with one attached hydrogen (secondary N) is 2. The summed E-state index contributed by atoms with van der Waals surface area (Å²) in [4.78, 5) is 9.43. The van der Waals surface area contributed by atoms with E-state index in [9.17, 15) is 5.11 Å². The first-order chi connectivity index (χ1) is 15.7. The molecule has 0 radical (unpaired) electrons. The Morgan fingerprint density at radius 2 is 1.67 bits per heavy atom. The average Bonchev–Trinajstić information content (AvgIpc) is 3.25. The molecule has 1 saturated carbocycles. The topological polar surface area (TPSA) is 88.5 Å². The summed E-state index contributed by atoms with van der Waals surface area (Å²) in [6.45, 7) is 8.25. The van der Waals surface area contributed by atoms with Gasteiger partial charge in [0.1, 0.15) is 11.6 Å². The van der Waals surface area contributed by atoms with Gasteiger partial charge in [-0.1, -0.05) is 23.5 Å². The maximum atomic E-state index is 9.71. The number of aromatic nitrogens is 2. The normalized spacial score (nSPS) is 24.2. The summed E-state index contributed by atoms with van der Waals surface area (Å²) < 4.78 is 13.5. The Kier molecular flexibility index (Phi) is 5.85. The molecule has 1 aromatic carbocycles. The molecule has 33 heavy (non-hydrogen) atoms. The van der Waals surface area contributed by atoms with Crippen LogP contribution in [0.3, 0.4) is 0 Å². The van der Waals surface area contributed by atoms with Crippen LogP contribution in [0.2, 0.25) is 0 Å². The summed E-state index contributed by atoms with van der Waals surface area (Å²) in [6.07, 6.45) is 3.45. The molecular weight excluding hydrogens is 435 g/mol. The Hall–Kier alpha value is -2.20. The van der Waals surface area contributed by atoms with Crippen LogP contribution < -0.4 is 16.1 Å². The van der Waals surface area contributed by atoms with Crippen LogP contribution in [0.4, 0.5) is 16.8 Å². The zero-order chi connectivity index (χ0) is 23.2. The van der Waals surface area contributed by atoms with Crippen LogP contribution in [0.5, 0.6) is 0 Å². The van der Waals surface area contributed by atoms with E-state index in [4.69, 9.17) is 19.3 Å². The van der Waals surface area contributed by atoms with Crippen LogP contribution in [0.1, 0.15) is 53.4 Å². The first-order valence-electron chi connectivity index (χ1n) is 11.6. The Morgan fingerprint density at radius 3 is 2.39 bits per heavy atom. The highest BCUT2D eigenvalue weighted by atomic mass is 32.1. The minimum atomic E-state index is -0.386. The number of rotatable bonds is 5. The number of nitrogens with zero attached hydrogens (tertiary/aromatic N) is 2. The van der Waals surface area contributed by atoms with Crippen LogP contribution in [0, 0.1) is 0 Å². The lowest BCUT2D eigenvalue weighted by Crippen LogP contribution is -2.41. The Bertz CT molecular complexity index is 1130. The maximum Gasteiger partial charge on any atom is 0.494 e. The van der Waals surface area contributed by atoms with Crippen LogP contribution in [-0.2, 0) is 9.31 Å². The lowest BCUT2D eigenvalue weighted by Gasteiger charge is -2.32. The zero-order valence-electron chi connectivity index (χ0n) is 19.6. The molecule has 3 aromatic rings. The van der Waals surface area contributed by atoms with Gasteiger partial charge in [0.15, 0.2) is 5.13 Å². The number of thiazole rings is 1. The molecule has 2 aromatic heterocycles. The van der Waals surface area contributed by atoms with E-state index in [1.807, 2.05) is 30.3 Å². The molecule has 0 spiro atoms. The number of pyridine rings is 1. The Labute approximate surface area is 199 Å². The lowest BCUT2D eigenvalue weighted by atomic mass is 9.79. The van der Waals surface area contributed by atoms with Gasteiger partial charge >= 0.3 is 7.12 Å². The van der Waals surface area contributed by atoms with E-state index in [1.54, 1.807) is 11.3 Å². The van der Waals surface area contributed by atoms with Gasteiger partial charge in [0.05, 0.1) is 27.5 Å². The van der Waals surface area contributed by atoms with Gasteiger partial charge in [-0.15, -0.1) is 0 Å². The molecule has 174 valence electrons. The van der Waals surface area contributed by atoms with Gasteiger partial charge < -0.3 is 25.0 Å². The molecule has 1 saturated heterocycles. The number of anilines is 3. The fourth-order valence-corrected chi connectivity index (χ4v) is 5.17. The third-order valence-corrected chi connectivity index (χ3v) is 7.90. The molecule has 0 atom stereocenters. The van der Waals surface area contributed by atoms with E-state index in [0.29, 0.717) is 6.04 Å². The van der Waals surface area contributed by atoms with E-state index in [1.165, 1.54) is 0 Å². The van der Waals surface area contributed by atoms with Crippen molar-refractivity contribution in [3.05, 3.63) is 36.4 Å². The number of benzene rings is 1. The smallest absolute Gasteiger partial charge is 0.399 e. The molecule has 0 bridgehead atoms. The predicted molar refractivity (Wildman–Crippen MR) is 135 cm³/mol. The lowest BCUT2D eigenvalue weighted by molar-refractivity contribution is 0.00578. The number of fused-ring (bicyclic) bond motifs is 1. The zero-order valence-corrected chi connectivity index (χ0v) is 20.4. The van der Waals surface area contributed by atoms with E-state index >= 15 is 0 Å². The van der Waals surface area contributed by atoms with Crippen molar-refractivity contribution in [1.29, 1.82) is 0 Å². The van der Waals surface area contributed by atoms with Gasteiger partial charge in [0.2, 0.25) is 0 Å². The molecule has 2 fully saturated rings. The number of aliphatic hydroxyl groups excluding tert-OH is 1. The third-order valence-electron chi connectivity index (χ3n) is 6.97. The molecular formula is C24H31BN4O3S. The van der Waals surface area contributed by atoms with Gasteiger partial charge in [-0.05, 0) is 83.1 Å². The summed E-state index contributed by atoms with van der Waals surface area (Å²) in [5, 5.41) is 17.4. The van der Waals surface area contributed by atoms with Crippen LogP contribution >= 0.6 is 11.3 Å². The Balaban J connectivity index is 1.29. The van der Waals surface area contributed by atoms with Crippen molar-refractivity contribution >= 4 is 50.9 Å². The molecule has 0 amide bonds. The minimum absolute atomic E-state index is 0.159. The van der Waals surface area contributed by atoms with Crippen molar-refractivity contribution in [2.75, 3.05) is 10.6 Å². The highest BCUT2D eigenvalue weighted by Crippen LogP contribution is 2.37. The number of hydrogen-bond donors (Lipinski definition) is 3. The third kappa shape index (κ3) is 4.73. The van der Waals surface area contributed by atoms with Crippen molar-refractivity contribution in [1.82, 2.24) is 9.97 Å². The SMILES string of the molecule is CC1(C)OB(c2ccc3nc(Nc4cccc(N[C@H]5CC[C@H](O)CC5)n4)sc3c2)OC1(C)C. The van der Waals surface area contributed by atoms with Crippen molar-refractivity contribution in [2.45, 2.75) is 76.7 Å². The van der Waals surface area contributed by atoms with Crippen LogP contribution in [0.15, 0.2) is 36.4 Å². The van der Waals surface area contributed by atoms with Gasteiger partial charge in [-0.2, -0.15) is 0 Å². The fourth-order valence-electron chi connectivity index (χ4n) is 4.24. The monoisotopic (exact) mass is 466 g/mol. The second kappa shape index (κ2) is 8.54. The van der Waals surface area contributed by atoms with Gasteiger partial charge in [0.25, 0.3) is 0 Å². The largest absolute Gasteiger partial charge is 0.494 e. The van der Waals surface area contributed by atoms with E-state index in [0.717, 1.165) is 58.1 Å². The number of aliphatic hydroxyl groups is 1. The fraction of sp³-hybridized carbons (Fsp3) is 0.500. The van der Waals surface area contributed by atoms with Crippen LogP contribution in [-0.4, -0.2) is 45.5 Å². The molecule has 3 heterocycles. The van der Waals surface area contributed by atoms with Gasteiger partial charge in [0, 0.05) is 6.04 Å². The van der Waals surface area contributed by atoms with Crippen molar-refractivity contribution in [2.24, 2.45) is 0 Å². The standard InChI is InChI=1S/C24H31BN4O3S/c1-23(2)24(3,4)32-25(31-23)15-8-13-18-19(14-15)33-22(27-18)29-21-7-5-6-20(28-21)26-16-9-11-17(30)12-10-16/h5-8,13-14,16-17,30H,9-12H2,1-4H3,(H2,26,27,28,29)/t16-,17-. The van der Waals surface area contributed by atoms with Crippen molar-refractivity contribution in [3.8, 4) is 0 Å². The maximum absolute atomic E-state index is 9.71. The molecule has 0 unspecified atom stereocenters. The summed E-state index contributed by atoms with van der Waals surface area (Å²) in [5.41, 5.74) is 1.20. The molecule has 5 rings (SSSR count). The van der Waals surface area contributed by atoms with Crippen molar-refractivity contribution in [3.63, 3.8) is 0 Å². The van der Waals surface area contributed by atoms with Gasteiger partial charge in [-0.25, -0.2) is 9.97 Å². The molecule has 3 N–H and O–H groups in total. The summed E-state index contributed by atoms with van der Waals surface area (Å²) in [6, 6.07) is 12.4. The minimum Gasteiger partial charge on any atom is -0.399 e. The van der Waals surface area contributed by atoms with Gasteiger partial charge in [-0.3, -0.25) is 0 Å². The molecule has 2 aliphatic rings. The van der Waals surface area contributed by atoms with Crippen molar-refractivity contribution < 1.29 is 14.4 Å². The first-order valence-corrected chi connectivity index (χ1v) is 12.4. The Morgan fingerprint density at radius 1 is 0.970 bits per heavy atom. The summed E-state index contributed by atoms with van der Waals surface area (Å²) >= 11 is 1.59. The average molecular weight is 466 g/mol. The molecule has 7 nitrogen and oxygen atoms in total. The highest BCUT2D eigenvalue weighted by Gasteiger charge is 2.51. The second-order valence-electron chi connectivity index (χ2n) is 10.0. The molecule has 1 aliphatic heterocycles. The second-order valence-corrected chi connectivity index (χ2v) is 11.0. The highest BCUT2D eigenvalue weighted by molar-refractivity contribution is 7.22. The van der Waals surface area contributed by atoms with E-state index < -0.39 is 0 Å². The van der Waals surface area contributed by atoms with Crippen LogP contribution in [0.25, 0.3) is 10.2 Å². The quantitative estimate of drug-likeness (QED) is 0.479. The molecule has 1 aliphatic carbocycles. The summed E-state index contributed by atoms with van der Waals surface area (Å²) in [5.74, 6) is 1.59. The summed E-state index contributed by atoms with van der Waals surface area (Å²) in [7, 11) is -0.386.